The summed E-state index contributed by atoms with van der Waals surface area (Å²) in [7, 11) is 0. The van der Waals surface area contributed by atoms with Crippen LogP contribution in [0.3, 0.4) is 0 Å². The highest BCUT2D eigenvalue weighted by molar-refractivity contribution is 5.76. The highest BCUT2D eigenvalue weighted by Gasteiger charge is 2.07. The summed E-state index contributed by atoms with van der Waals surface area (Å²) in [5.41, 5.74) is 0.886. The number of rotatable bonds is 7. The van der Waals surface area contributed by atoms with Gasteiger partial charge in [-0.05, 0) is 19.4 Å². The molecule has 18 heavy (non-hydrogen) atoms. The van der Waals surface area contributed by atoms with Crippen molar-refractivity contribution in [1.29, 1.82) is 0 Å². The lowest BCUT2D eigenvalue weighted by Crippen LogP contribution is -2.33. The number of hydrogen-bond acceptors (Lipinski definition) is 3. The van der Waals surface area contributed by atoms with Crippen LogP contribution in [0.25, 0.3) is 0 Å². The Morgan fingerprint density at radius 1 is 1.28 bits per heavy atom. The second-order valence-corrected chi connectivity index (χ2v) is 4.60. The number of aliphatic hydroxyl groups is 1. The van der Waals surface area contributed by atoms with Crippen LogP contribution in [0, 0.1) is 0 Å². The fourth-order valence-electron chi connectivity index (χ4n) is 1.63. The maximum atomic E-state index is 11.4. The quantitative estimate of drug-likeness (QED) is 0.638. The lowest BCUT2D eigenvalue weighted by atomic mass is 10.1. The van der Waals surface area contributed by atoms with Crippen molar-refractivity contribution in [2.24, 2.45) is 0 Å². The van der Waals surface area contributed by atoms with Gasteiger partial charge in [-0.2, -0.15) is 0 Å². The Bertz CT molecular complexity index is 352. The molecule has 1 aromatic rings. The third-order valence-corrected chi connectivity index (χ3v) is 2.50. The first-order chi connectivity index (χ1) is 8.59. The minimum absolute atomic E-state index is 0.0340. The predicted molar refractivity (Wildman–Crippen MR) is 72.2 cm³/mol. The molecule has 0 aliphatic rings. The highest BCUT2D eigenvalue weighted by Crippen LogP contribution is 2.10. The molecular formula is C14H22N2O2. The van der Waals surface area contributed by atoms with E-state index < -0.39 is 6.10 Å². The fourth-order valence-corrected chi connectivity index (χ4v) is 1.63. The molecule has 0 fully saturated rings. The summed E-state index contributed by atoms with van der Waals surface area (Å²) in [6.45, 7) is 4.90. The Hall–Kier alpha value is -1.39. The molecular weight excluding hydrogens is 228 g/mol. The summed E-state index contributed by atoms with van der Waals surface area (Å²) >= 11 is 0. The van der Waals surface area contributed by atoms with Gasteiger partial charge in [0.25, 0.3) is 0 Å². The van der Waals surface area contributed by atoms with Gasteiger partial charge in [-0.25, -0.2) is 0 Å². The van der Waals surface area contributed by atoms with Gasteiger partial charge in [-0.1, -0.05) is 30.3 Å². The Morgan fingerprint density at radius 2 is 1.94 bits per heavy atom. The standard InChI is InChI=1S/C14H22N2O2/c1-11(2)16-14(18)8-9-15-10-13(17)12-6-4-3-5-7-12/h3-7,11,13,15,17H,8-10H2,1-2H3,(H,16,18). The van der Waals surface area contributed by atoms with E-state index in [0.717, 1.165) is 5.56 Å². The molecule has 0 bridgehead atoms. The summed E-state index contributed by atoms with van der Waals surface area (Å²) in [4.78, 5) is 11.4. The second kappa shape index (κ2) is 7.84. The van der Waals surface area contributed by atoms with Crippen LogP contribution < -0.4 is 10.6 Å². The molecule has 0 saturated heterocycles. The van der Waals surface area contributed by atoms with Crippen LogP contribution in [0.2, 0.25) is 0 Å². The largest absolute Gasteiger partial charge is 0.387 e. The molecule has 4 heteroatoms. The van der Waals surface area contributed by atoms with Gasteiger partial charge in [0.15, 0.2) is 0 Å². The van der Waals surface area contributed by atoms with Gasteiger partial charge < -0.3 is 15.7 Å². The third kappa shape index (κ3) is 5.80. The van der Waals surface area contributed by atoms with Gasteiger partial charge in [-0.15, -0.1) is 0 Å². The van der Waals surface area contributed by atoms with E-state index in [4.69, 9.17) is 0 Å². The number of amides is 1. The van der Waals surface area contributed by atoms with Crippen molar-refractivity contribution in [3.8, 4) is 0 Å². The summed E-state index contributed by atoms with van der Waals surface area (Å²) in [5.74, 6) is 0.0340. The molecule has 1 atom stereocenters. The first-order valence-electron chi connectivity index (χ1n) is 6.32. The van der Waals surface area contributed by atoms with Crippen LogP contribution in [0.4, 0.5) is 0 Å². The van der Waals surface area contributed by atoms with Crippen LogP contribution in [0.1, 0.15) is 31.9 Å². The van der Waals surface area contributed by atoms with Gasteiger partial charge in [-0.3, -0.25) is 4.79 Å². The molecule has 0 aliphatic carbocycles. The first kappa shape index (κ1) is 14.7. The topological polar surface area (TPSA) is 61.4 Å². The number of nitrogens with one attached hydrogen (secondary N) is 2. The molecule has 1 amide bonds. The number of carbonyl (C=O) groups excluding carboxylic acids is 1. The van der Waals surface area contributed by atoms with Crippen LogP contribution in [-0.4, -0.2) is 30.1 Å². The van der Waals surface area contributed by atoms with E-state index in [1.54, 1.807) is 0 Å². The van der Waals surface area contributed by atoms with Gasteiger partial charge in [0.05, 0.1) is 6.10 Å². The zero-order valence-electron chi connectivity index (χ0n) is 11.0. The van der Waals surface area contributed by atoms with E-state index in [1.807, 2.05) is 44.2 Å². The number of benzene rings is 1. The SMILES string of the molecule is CC(C)NC(=O)CCNCC(O)c1ccccc1. The Morgan fingerprint density at radius 3 is 2.56 bits per heavy atom. The first-order valence-corrected chi connectivity index (χ1v) is 6.32. The number of hydrogen-bond donors (Lipinski definition) is 3. The molecule has 100 valence electrons. The molecule has 0 saturated carbocycles. The van der Waals surface area contributed by atoms with Gasteiger partial charge in [0.1, 0.15) is 0 Å². The van der Waals surface area contributed by atoms with E-state index in [1.165, 1.54) is 0 Å². The third-order valence-electron chi connectivity index (χ3n) is 2.50. The van der Waals surface area contributed by atoms with Crippen molar-refractivity contribution in [1.82, 2.24) is 10.6 Å². The Labute approximate surface area is 108 Å². The van der Waals surface area contributed by atoms with Gasteiger partial charge >= 0.3 is 0 Å². The number of carbonyl (C=O) groups is 1. The van der Waals surface area contributed by atoms with E-state index in [9.17, 15) is 9.90 Å². The summed E-state index contributed by atoms with van der Waals surface area (Å²) < 4.78 is 0. The zero-order chi connectivity index (χ0) is 13.4. The molecule has 0 heterocycles. The van der Waals surface area contributed by atoms with Crippen molar-refractivity contribution in [2.75, 3.05) is 13.1 Å². The Balaban J connectivity index is 2.17. The molecule has 0 aromatic heterocycles. The Kier molecular flexibility index (Phi) is 6.39. The van der Waals surface area contributed by atoms with E-state index in [0.29, 0.717) is 19.5 Å². The summed E-state index contributed by atoms with van der Waals surface area (Å²) in [6, 6.07) is 9.66. The van der Waals surface area contributed by atoms with Crippen molar-refractivity contribution in [3.63, 3.8) is 0 Å². The van der Waals surface area contributed by atoms with Crippen LogP contribution in [0.15, 0.2) is 30.3 Å². The minimum atomic E-state index is -0.528. The maximum Gasteiger partial charge on any atom is 0.221 e. The van der Waals surface area contributed by atoms with Gasteiger partial charge in [0.2, 0.25) is 5.91 Å². The highest BCUT2D eigenvalue weighted by atomic mass is 16.3. The van der Waals surface area contributed by atoms with E-state index in [-0.39, 0.29) is 11.9 Å². The molecule has 0 aliphatic heterocycles. The molecule has 1 rings (SSSR count). The zero-order valence-corrected chi connectivity index (χ0v) is 11.0. The smallest absolute Gasteiger partial charge is 0.221 e. The minimum Gasteiger partial charge on any atom is -0.387 e. The van der Waals surface area contributed by atoms with Crippen LogP contribution >= 0.6 is 0 Å². The van der Waals surface area contributed by atoms with E-state index in [2.05, 4.69) is 10.6 Å². The van der Waals surface area contributed by atoms with Crippen molar-refractivity contribution >= 4 is 5.91 Å². The average molecular weight is 250 g/mol. The van der Waals surface area contributed by atoms with Gasteiger partial charge in [0, 0.05) is 25.6 Å². The molecule has 0 radical (unpaired) electrons. The summed E-state index contributed by atoms with van der Waals surface area (Å²) in [5, 5.41) is 15.8. The van der Waals surface area contributed by atoms with Crippen molar-refractivity contribution < 1.29 is 9.90 Å². The lowest BCUT2D eigenvalue weighted by Gasteiger charge is -2.12. The molecule has 1 aromatic carbocycles. The molecule has 1 unspecified atom stereocenters. The van der Waals surface area contributed by atoms with Crippen LogP contribution in [-0.2, 0) is 4.79 Å². The maximum absolute atomic E-state index is 11.4. The fraction of sp³-hybridized carbons (Fsp3) is 0.500. The molecule has 4 nitrogen and oxygen atoms in total. The van der Waals surface area contributed by atoms with Crippen LogP contribution in [0.5, 0.6) is 0 Å². The summed E-state index contributed by atoms with van der Waals surface area (Å²) in [6.07, 6.45) is -0.0981. The normalized spacial score (nSPS) is 12.4. The number of aliphatic hydroxyl groups excluding tert-OH is 1. The van der Waals surface area contributed by atoms with Crippen molar-refractivity contribution in [3.05, 3.63) is 35.9 Å². The lowest BCUT2D eigenvalue weighted by molar-refractivity contribution is -0.121. The van der Waals surface area contributed by atoms with Crippen molar-refractivity contribution in [2.45, 2.75) is 32.4 Å². The molecule has 3 N–H and O–H groups in total. The monoisotopic (exact) mass is 250 g/mol. The van der Waals surface area contributed by atoms with E-state index >= 15 is 0 Å². The predicted octanol–water partition coefficient (Wildman–Crippen LogP) is 1.22. The second-order valence-electron chi connectivity index (χ2n) is 4.60. The average Bonchev–Trinajstić information content (AvgIpc) is 2.34. The molecule has 0 spiro atoms.